The summed E-state index contributed by atoms with van der Waals surface area (Å²) in [7, 11) is 0. The van der Waals surface area contributed by atoms with Crippen LogP contribution in [0.15, 0.2) is 29.4 Å². The zero-order valence-corrected chi connectivity index (χ0v) is 11.7. The Morgan fingerprint density at radius 1 is 1.24 bits per heavy atom. The number of anilines is 1. The van der Waals surface area contributed by atoms with Gasteiger partial charge in [0.15, 0.2) is 0 Å². The van der Waals surface area contributed by atoms with Gasteiger partial charge in [-0.05, 0) is 37.5 Å². The van der Waals surface area contributed by atoms with Crippen molar-refractivity contribution in [3.8, 4) is 0 Å². The molecule has 0 N–H and O–H groups in total. The van der Waals surface area contributed by atoms with Crippen LogP contribution < -0.4 is 4.90 Å². The Balaban J connectivity index is 2.22. The Labute approximate surface area is 109 Å². The molecule has 1 aliphatic heterocycles. The Bertz CT molecular complexity index is 440. The lowest BCUT2D eigenvalue weighted by molar-refractivity contribution is 0.405. The van der Waals surface area contributed by atoms with Crippen LogP contribution >= 0.6 is 12.6 Å². The lowest BCUT2D eigenvalue weighted by Gasteiger charge is -2.23. The van der Waals surface area contributed by atoms with Crippen molar-refractivity contribution in [1.29, 1.82) is 0 Å². The molecule has 0 saturated carbocycles. The number of nitrogens with zero attached hydrogens (tertiary/aromatic N) is 2. The zero-order chi connectivity index (χ0) is 12.4. The summed E-state index contributed by atoms with van der Waals surface area (Å²) in [6.45, 7) is 8.50. The molecule has 0 amide bonds. The molecule has 0 unspecified atom stereocenters. The number of thiol groups is 1. The molecule has 0 atom stereocenters. The SMILES string of the molecule is CCCN1C=CN(c2cc(C)cc(C)c2S)C1. The third kappa shape index (κ3) is 2.60. The van der Waals surface area contributed by atoms with Crippen LogP contribution in [0.1, 0.15) is 24.5 Å². The molecule has 92 valence electrons. The van der Waals surface area contributed by atoms with E-state index in [1.807, 2.05) is 0 Å². The minimum atomic E-state index is 0.935. The first-order valence-corrected chi connectivity index (χ1v) is 6.55. The third-order valence-corrected chi connectivity index (χ3v) is 3.62. The number of benzene rings is 1. The average Bonchev–Trinajstić information content (AvgIpc) is 2.72. The highest BCUT2D eigenvalue weighted by Crippen LogP contribution is 2.30. The summed E-state index contributed by atoms with van der Waals surface area (Å²) in [5.41, 5.74) is 3.74. The van der Waals surface area contributed by atoms with Crippen LogP contribution in [0, 0.1) is 13.8 Å². The van der Waals surface area contributed by atoms with Gasteiger partial charge in [-0.25, -0.2) is 0 Å². The topological polar surface area (TPSA) is 6.48 Å². The molecule has 0 bridgehead atoms. The molecule has 0 aliphatic carbocycles. The summed E-state index contributed by atoms with van der Waals surface area (Å²) in [5, 5.41) is 0. The Hall–Kier alpha value is -1.09. The van der Waals surface area contributed by atoms with Gasteiger partial charge in [-0.3, -0.25) is 0 Å². The van der Waals surface area contributed by atoms with E-state index in [0.29, 0.717) is 0 Å². The van der Waals surface area contributed by atoms with Gasteiger partial charge in [-0.2, -0.15) is 0 Å². The summed E-state index contributed by atoms with van der Waals surface area (Å²) < 4.78 is 0. The summed E-state index contributed by atoms with van der Waals surface area (Å²) in [6, 6.07) is 4.38. The molecule has 0 radical (unpaired) electrons. The molecule has 0 aromatic heterocycles. The van der Waals surface area contributed by atoms with E-state index in [9.17, 15) is 0 Å². The second kappa shape index (κ2) is 5.05. The van der Waals surface area contributed by atoms with Gasteiger partial charge in [0, 0.05) is 23.8 Å². The maximum atomic E-state index is 4.62. The summed E-state index contributed by atoms with van der Waals surface area (Å²) in [5.74, 6) is 0. The van der Waals surface area contributed by atoms with Gasteiger partial charge in [0.2, 0.25) is 0 Å². The lowest BCUT2D eigenvalue weighted by Crippen LogP contribution is -2.25. The van der Waals surface area contributed by atoms with Gasteiger partial charge in [0.1, 0.15) is 0 Å². The van der Waals surface area contributed by atoms with Gasteiger partial charge < -0.3 is 9.80 Å². The molecule has 3 heteroatoms. The van der Waals surface area contributed by atoms with Crippen molar-refractivity contribution in [1.82, 2.24) is 4.90 Å². The minimum Gasteiger partial charge on any atom is -0.358 e. The van der Waals surface area contributed by atoms with E-state index in [1.165, 1.54) is 23.2 Å². The highest BCUT2D eigenvalue weighted by Gasteiger charge is 2.16. The number of hydrogen-bond donors (Lipinski definition) is 1. The van der Waals surface area contributed by atoms with Gasteiger partial charge in [0.05, 0.1) is 12.4 Å². The van der Waals surface area contributed by atoms with Crippen molar-refractivity contribution in [3.63, 3.8) is 0 Å². The van der Waals surface area contributed by atoms with Crippen molar-refractivity contribution in [2.75, 3.05) is 18.1 Å². The van der Waals surface area contributed by atoms with Crippen LogP contribution in [-0.2, 0) is 0 Å². The smallest absolute Gasteiger partial charge is 0.0942 e. The number of hydrogen-bond acceptors (Lipinski definition) is 3. The molecule has 1 aromatic carbocycles. The summed E-state index contributed by atoms with van der Waals surface area (Å²) in [4.78, 5) is 5.67. The van der Waals surface area contributed by atoms with Crippen LogP contribution in [0.5, 0.6) is 0 Å². The van der Waals surface area contributed by atoms with E-state index in [2.05, 4.69) is 67.7 Å². The number of rotatable bonds is 3. The average molecular weight is 248 g/mol. The third-order valence-electron chi connectivity index (χ3n) is 3.04. The molecule has 1 aliphatic rings. The molecular formula is C14H20N2S. The van der Waals surface area contributed by atoms with Crippen molar-refractivity contribution < 1.29 is 0 Å². The highest BCUT2D eigenvalue weighted by atomic mass is 32.1. The van der Waals surface area contributed by atoms with E-state index >= 15 is 0 Å². The van der Waals surface area contributed by atoms with Crippen molar-refractivity contribution in [2.24, 2.45) is 0 Å². The van der Waals surface area contributed by atoms with Crippen LogP contribution in [0.25, 0.3) is 0 Å². The maximum Gasteiger partial charge on any atom is 0.0942 e. The first kappa shape index (κ1) is 12.4. The van der Waals surface area contributed by atoms with Crippen molar-refractivity contribution in [3.05, 3.63) is 35.7 Å². The predicted octanol–water partition coefficient (Wildman–Crippen LogP) is 3.55. The van der Waals surface area contributed by atoms with E-state index in [4.69, 9.17) is 0 Å². The van der Waals surface area contributed by atoms with Gasteiger partial charge in [-0.1, -0.05) is 13.0 Å². The Kier molecular flexibility index (Phi) is 3.67. The van der Waals surface area contributed by atoms with Crippen molar-refractivity contribution in [2.45, 2.75) is 32.1 Å². The van der Waals surface area contributed by atoms with Gasteiger partial charge in [0.25, 0.3) is 0 Å². The normalized spacial score (nSPS) is 14.8. The summed E-state index contributed by atoms with van der Waals surface area (Å²) in [6.07, 6.45) is 5.48. The molecule has 2 rings (SSSR count). The molecule has 2 nitrogen and oxygen atoms in total. The largest absolute Gasteiger partial charge is 0.358 e. The van der Waals surface area contributed by atoms with Crippen LogP contribution in [0.2, 0.25) is 0 Å². The molecule has 17 heavy (non-hydrogen) atoms. The van der Waals surface area contributed by atoms with Gasteiger partial charge in [-0.15, -0.1) is 12.6 Å². The first-order chi connectivity index (χ1) is 8.11. The summed E-state index contributed by atoms with van der Waals surface area (Å²) >= 11 is 4.62. The second-order valence-electron chi connectivity index (χ2n) is 4.67. The van der Waals surface area contributed by atoms with E-state index < -0.39 is 0 Å². The molecule has 0 fully saturated rings. The molecule has 1 heterocycles. The lowest BCUT2D eigenvalue weighted by atomic mass is 10.1. The number of aryl methyl sites for hydroxylation is 2. The first-order valence-electron chi connectivity index (χ1n) is 6.11. The fourth-order valence-corrected chi connectivity index (χ4v) is 2.47. The zero-order valence-electron chi connectivity index (χ0n) is 10.8. The fraction of sp³-hybridized carbons (Fsp3) is 0.429. The quantitative estimate of drug-likeness (QED) is 0.817. The van der Waals surface area contributed by atoms with Crippen molar-refractivity contribution >= 4 is 18.3 Å². The monoisotopic (exact) mass is 248 g/mol. The molecule has 1 aromatic rings. The minimum absolute atomic E-state index is 0.935. The Morgan fingerprint density at radius 2 is 2.00 bits per heavy atom. The van der Waals surface area contributed by atoms with Crippen LogP contribution in [-0.4, -0.2) is 18.1 Å². The maximum absolute atomic E-state index is 4.62. The molecule has 0 spiro atoms. The molecular weight excluding hydrogens is 228 g/mol. The highest BCUT2D eigenvalue weighted by molar-refractivity contribution is 7.80. The standard InChI is InChI=1S/C14H20N2S/c1-4-5-15-6-7-16(10-15)13-9-11(2)8-12(3)14(13)17/h6-9,17H,4-5,10H2,1-3H3. The fourth-order valence-electron chi connectivity index (χ4n) is 2.21. The molecule has 0 saturated heterocycles. The Morgan fingerprint density at radius 3 is 2.71 bits per heavy atom. The van der Waals surface area contributed by atoms with Crippen LogP contribution in [0.3, 0.4) is 0 Å². The predicted molar refractivity (Wildman–Crippen MR) is 76.7 cm³/mol. The van der Waals surface area contributed by atoms with E-state index in [0.717, 1.165) is 18.1 Å². The second-order valence-corrected chi connectivity index (χ2v) is 5.12. The van der Waals surface area contributed by atoms with Crippen LogP contribution in [0.4, 0.5) is 5.69 Å². The van der Waals surface area contributed by atoms with E-state index in [1.54, 1.807) is 0 Å². The van der Waals surface area contributed by atoms with E-state index in [-0.39, 0.29) is 0 Å². The van der Waals surface area contributed by atoms with Gasteiger partial charge >= 0.3 is 0 Å².